The molecule has 0 unspecified atom stereocenters. The van der Waals surface area contributed by atoms with E-state index in [4.69, 9.17) is 4.74 Å². The number of rotatable bonds is 7. The fraction of sp³-hybridized carbons (Fsp3) is 0.667. The molecule has 0 bridgehead atoms. The maximum absolute atomic E-state index is 13.5. The molecule has 2 saturated carbocycles. The summed E-state index contributed by atoms with van der Waals surface area (Å²) < 4.78 is 6.37. The number of aliphatic hydroxyl groups excluding tert-OH is 1. The van der Waals surface area contributed by atoms with E-state index in [0.29, 0.717) is 30.1 Å². The highest BCUT2D eigenvalue weighted by Crippen LogP contribution is 2.33. The number of aliphatic hydroxyl groups is 1. The molecule has 0 spiro atoms. The Labute approximate surface area is 213 Å². The highest BCUT2D eigenvalue weighted by atomic mass is 16.5. The molecular formula is C27H40N4O5. The number of likely N-dealkylation sites (N-methyl/N-ethyl adjacent to an activating group) is 1. The van der Waals surface area contributed by atoms with Gasteiger partial charge in [-0.1, -0.05) is 26.2 Å². The molecule has 2 aliphatic carbocycles. The van der Waals surface area contributed by atoms with Gasteiger partial charge in [0, 0.05) is 37.2 Å². The molecule has 4 amide bonds. The fourth-order valence-electron chi connectivity index (χ4n) is 4.99. The lowest BCUT2D eigenvalue weighted by molar-refractivity contribution is -0.117. The van der Waals surface area contributed by atoms with E-state index in [2.05, 4.69) is 10.6 Å². The first-order chi connectivity index (χ1) is 17.3. The van der Waals surface area contributed by atoms with Crippen LogP contribution in [0.1, 0.15) is 69.2 Å². The molecular weight excluding hydrogens is 460 g/mol. The SMILES string of the molecule is C[C@@H]1CN([C@H](C)CO)C(=O)c2cc(NC(=O)C3CC3)ccc2O[C@@H]1CN(C)C(=O)NC1CCCCC1. The molecule has 1 aromatic carbocycles. The number of carbonyl (C=O) groups excluding carboxylic acids is 3. The van der Waals surface area contributed by atoms with Crippen LogP contribution < -0.4 is 15.4 Å². The summed E-state index contributed by atoms with van der Waals surface area (Å²) in [6, 6.07) is 4.83. The van der Waals surface area contributed by atoms with Gasteiger partial charge in [-0.25, -0.2) is 4.79 Å². The third-order valence-electron chi connectivity index (χ3n) is 7.61. The van der Waals surface area contributed by atoms with Crippen molar-refractivity contribution in [1.29, 1.82) is 0 Å². The van der Waals surface area contributed by atoms with E-state index in [-0.39, 0.29) is 54.5 Å². The Bertz CT molecular complexity index is 959. The molecule has 36 heavy (non-hydrogen) atoms. The Hall–Kier alpha value is -2.81. The normalized spacial score (nSPS) is 23.6. The molecule has 3 N–H and O–H groups in total. The second-order valence-electron chi connectivity index (χ2n) is 10.8. The third-order valence-corrected chi connectivity index (χ3v) is 7.61. The summed E-state index contributed by atoms with van der Waals surface area (Å²) in [7, 11) is 1.77. The monoisotopic (exact) mass is 500 g/mol. The fourth-order valence-corrected chi connectivity index (χ4v) is 4.99. The molecule has 9 heteroatoms. The van der Waals surface area contributed by atoms with Crippen LogP contribution in [-0.2, 0) is 4.79 Å². The average Bonchev–Trinajstić information content (AvgIpc) is 3.72. The first-order valence-corrected chi connectivity index (χ1v) is 13.3. The molecule has 0 radical (unpaired) electrons. The van der Waals surface area contributed by atoms with E-state index in [1.807, 2.05) is 13.8 Å². The van der Waals surface area contributed by atoms with Gasteiger partial charge in [0.2, 0.25) is 5.91 Å². The van der Waals surface area contributed by atoms with Crippen molar-refractivity contribution < 1.29 is 24.2 Å². The topological polar surface area (TPSA) is 111 Å². The van der Waals surface area contributed by atoms with Crippen molar-refractivity contribution >= 4 is 23.5 Å². The number of hydrogen-bond donors (Lipinski definition) is 3. The molecule has 2 fully saturated rings. The van der Waals surface area contributed by atoms with E-state index in [1.165, 1.54) is 6.42 Å². The zero-order valence-corrected chi connectivity index (χ0v) is 21.7. The largest absolute Gasteiger partial charge is 0.487 e. The van der Waals surface area contributed by atoms with Gasteiger partial charge in [0.15, 0.2) is 0 Å². The molecule has 3 aliphatic rings. The zero-order valence-electron chi connectivity index (χ0n) is 21.7. The summed E-state index contributed by atoms with van der Waals surface area (Å²) in [4.78, 5) is 42.0. The molecule has 0 aromatic heterocycles. The van der Waals surface area contributed by atoms with Gasteiger partial charge in [0.1, 0.15) is 11.9 Å². The number of amides is 4. The van der Waals surface area contributed by atoms with Crippen LogP contribution in [0.3, 0.4) is 0 Å². The van der Waals surface area contributed by atoms with E-state index in [1.54, 1.807) is 35.0 Å². The van der Waals surface area contributed by atoms with Gasteiger partial charge in [-0.2, -0.15) is 0 Å². The van der Waals surface area contributed by atoms with Crippen molar-refractivity contribution in [2.24, 2.45) is 11.8 Å². The molecule has 198 valence electrons. The van der Waals surface area contributed by atoms with Gasteiger partial charge in [0.05, 0.1) is 24.8 Å². The summed E-state index contributed by atoms with van der Waals surface area (Å²) in [6.45, 7) is 4.37. The summed E-state index contributed by atoms with van der Waals surface area (Å²) in [5.74, 6) is 0.0903. The number of nitrogens with one attached hydrogen (secondary N) is 2. The van der Waals surface area contributed by atoms with Crippen molar-refractivity contribution in [3.63, 3.8) is 0 Å². The van der Waals surface area contributed by atoms with Crippen LogP contribution in [0, 0.1) is 11.8 Å². The van der Waals surface area contributed by atoms with Gasteiger partial charge >= 0.3 is 6.03 Å². The minimum atomic E-state index is -0.386. The lowest BCUT2D eigenvalue weighted by atomic mass is 9.96. The standard InChI is InChI=1S/C27H40N4O5/c1-17-14-31(18(2)16-32)26(34)22-13-21(28-25(33)19-9-10-19)11-12-23(22)36-24(17)15-30(3)27(35)29-20-7-5-4-6-8-20/h11-13,17-20,24,32H,4-10,14-16H2,1-3H3,(H,28,33)(H,29,35)/t17-,18-,24-/m1/s1. The lowest BCUT2D eigenvalue weighted by Gasteiger charge is -2.38. The van der Waals surface area contributed by atoms with Gasteiger partial charge in [0.25, 0.3) is 5.91 Å². The van der Waals surface area contributed by atoms with Crippen molar-refractivity contribution in [2.45, 2.75) is 77.0 Å². The summed E-state index contributed by atoms with van der Waals surface area (Å²) in [5, 5.41) is 15.9. The summed E-state index contributed by atoms with van der Waals surface area (Å²) >= 11 is 0. The van der Waals surface area contributed by atoms with Crippen LogP contribution in [0.25, 0.3) is 0 Å². The number of anilines is 1. The predicted molar refractivity (Wildman–Crippen MR) is 137 cm³/mol. The molecule has 1 heterocycles. The Morgan fingerprint density at radius 3 is 2.58 bits per heavy atom. The molecule has 1 aromatic rings. The van der Waals surface area contributed by atoms with Crippen molar-refractivity contribution in [2.75, 3.05) is 32.1 Å². The van der Waals surface area contributed by atoms with Crippen LogP contribution in [0.2, 0.25) is 0 Å². The van der Waals surface area contributed by atoms with Crippen LogP contribution in [-0.4, -0.2) is 77.7 Å². The van der Waals surface area contributed by atoms with Crippen LogP contribution in [0.15, 0.2) is 18.2 Å². The second-order valence-corrected chi connectivity index (χ2v) is 10.8. The number of fused-ring (bicyclic) bond motifs is 1. The first kappa shape index (κ1) is 26.3. The van der Waals surface area contributed by atoms with Crippen molar-refractivity contribution in [1.82, 2.24) is 15.1 Å². The Morgan fingerprint density at radius 1 is 1.19 bits per heavy atom. The molecule has 3 atom stereocenters. The number of nitrogens with zero attached hydrogens (tertiary/aromatic N) is 2. The van der Waals surface area contributed by atoms with Gasteiger partial charge in [-0.15, -0.1) is 0 Å². The number of benzene rings is 1. The quantitative estimate of drug-likeness (QED) is 0.532. The molecule has 9 nitrogen and oxygen atoms in total. The van der Waals surface area contributed by atoms with Crippen molar-refractivity contribution in [3.05, 3.63) is 23.8 Å². The highest BCUT2D eigenvalue weighted by molar-refractivity contribution is 6.00. The van der Waals surface area contributed by atoms with Crippen LogP contribution in [0.4, 0.5) is 10.5 Å². The molecule has 0 saturated heterocycles. The van der Waals surface area contributed by atoms with Gasteiger partial charge in [-0.3, -0.25) is 9.59 Å². The average molecular weight is 501 g/mol. The maximum Gasteiger partial charge on any atom is 0.317 e. The zero-order chi connectivity index (χ0) is 25.8. The molecule has 1 aliphatic heterocycles. The van der Waals surface area contributed by atoms with E-state index in [9.17, 15) is 19.5 Å². The third kappa shape index (κ3) is 6.30. The minimum Gasteiger partial charge on any atom is -0.487 e. The smallest absolute Gasteiger partial charge is 0.317 e. The number of urea groups is 1. The van der Waals surface area contributed by atoms with Gasteiger partial charge in [-0.05, 0) is 50.8 Å². The highest BCUT2D eigenvalue weighted by Gasteiger charge is 2.35. The number of carbonyl (C=O) groups is 3. The van der Waals surface area contributed by atoms with E-state index < -0.39 is 0 Å². The van der Waals surface area contributed by atoms with Crippen molar-refractivity contribution in [3.8, 4) is 5.75 Å². The lowest BCUT2D eigenvalue weighted by Crippen LogP contribution is -2.52. The Balaban J connectivity index is 1.53. The second kappa shape index (κ2) is 11.5. The van der Waals surface area contributed by atoms with Crippen LogP contribution in [0.5, 0.6) is 5.75 Å². The summed E-state index contributed by atoms with van der Waals surface area (Å²) in [6.07, 6.45) is 6.96. The summed E-state index contributed by atoms with van der Waals surface area (Å²) in [5.41, 5.74) is 0.892. The Morgan fingerprint density at radius 2 is 1.92 bits per heavy atom. The minimum absolute atomic E-state index is 0.0353. The predicted octanol–water partition coefficient (Wildman–Crippen LogP) is 3.23. The van der Waals surface area contributed by atoms with Gasteiger partial charge < -0.3 is 30.3 Å². The maximum atomic E-state index is 13.5. The number of ether oxygens (including phenoxy) is 1. The van der Waals surface area contributed by atoms with E-state index >= 15 is 0 Å². The number of hydrogen-bond acceptors (Lipinski definition) is 5. The Kier molecular flexibility index (Phi) is 8.39. The van der Waals surface area contributed by atoms with E-state index in [0.717, 1.165) is 38.5 Å². The molecule has 4 rings (SSSR count). The first-order valence-electron chi connectivity index (χ1n) is 13.3. The van der Waals surface area contributed by atoms with Crippen LogP contribution >= 0.6 is 0 Å².